The molecule has 0 bridgehead atoms. The number of halogens is 1. The fourth-order valence-electron chi connectivity index (χ4n) is 2.08. The van der Waals surface area contributed by atoms with Gasteiger partial charge in [-0.25, -0.2) is 0 Å². The van der Waals surface area contributed by atoms with Gasteiger partial charge in [-0.3, -0.25) is 0 Å². The molecule has 0 fully saturated rings. The first kappa shape index (κ1) is 16.3. The van der Waals surface area contributed by atoms with Crippen LogP contribution >= 0.6 is 11.6 Å². The van der Waals surface area contributed by atoms with Crippen molar-refractivity contribution in [3.05, 3.63) is 28.8 Å². The topological polar surface area (TPSA) is 15.3 Å². The van der Waals surface area contributed by atoms with Gasteiger partial charge in [-0.2, -0.15) is 0 Å². The summed E-state index contributed by atoms with van der Waals surface area (Å²) in [5.74, 6) is 0.656. The van der Waals surface area contributed by atoms with Crippen LogP contribution in [0.4, 0.5) is 5.69 Å². The summed E-state index contributed by atoms with van der Waals surface area (Å²) in [6.07, 6.45) is 2.42. The van der Waals surface area contributed by atoms with Crippen LogP contribution in [0.3, 0.4) is 0 Å². The van der Waals surface area contributed by atoms with Crippen molar-refractivity contribution in [1.29, 1.82) is 0 Å². The molecule has 0 atom stereocenters. The van der Waals surface area contributed by atoms with E-state index in [4.69, 9.17) is 11.6 Å². The molecule has 0 aliphatic rings. The van der Waals surface area contributed by atoms with Crippen molar-refractivity contribution in [3.8, 4) is 0 Å². The van der Waals surface area contributed by atoms with Crippen LogP contribution in [-0.4, -0.2) is 20.1 Å². The quantitative estimate of drug-likeness (QED) is 0.764. The van der Waals surface area contributed by atoms with Gasteiger partial charge in [0, 0.05) is 36.4 Å². The molecule has 0 unspecified atom stereocenters. The minimum Gasteiger partial charge on any atom is -0.374 e. The molecule has 1 aromatic rings. The first-order valence-electron chi connectivity index (χ1n) is 7.25. The number of rotatable bonds is 8. The molecule has 19 heavy (non-hydrogen) atoms. The summed E-state index contributed by atoms with van der Waals surface area (Å²) in [6, 6.07) is 6.17. The van der Waals surface area contributed by atoms with Crippen molar-refractivity contribution in [3.63, 3.8) is 0 Å². The normalized spacial score (nSPS) is 11.1. The Morgan fingerprint density at radius 1 is 1.32 bits per heavy atom. The molecule has 3 heteroatoms. The molecule has 0 spiro atoms. The summed E-state index contributed by atoms with van der Waals surface area (Å²) in [5.41, 5.74) is 2.46. The number of hydrogen-bond acceptors (Lipinski definition) is 2. The van der Waals surface area contributed by atoms with E-state index in [0.717, 1.165) is 24.7 Å². The molecule has 0 saturated carbocycles. The third-order valence-electron chi connectivity index (χ3n) is 3.21. The average Bonchev–Trinajstić information content (AvgIpc) is 2.37. The van der Waals surface area contributed by atoms with Crippen LogP contribution in [0.15, 0.2) is 18.2 Å². The van der Waals surface area contributed by atoms with Gasteiger partial charge in [-0.05, 0) is 31.0 Å². The van der Waals surface area contributed by atoms with Crippen LogP contribution in [0.25, 0.3) is 0 Å². The van der Waals surface area contributed by atoms with Crippen LogP contribution in [0.5, 0.6) is 0 Å². The first-order chi connectivity index (χ1) is 9.06. The molecular weight excluding hydrogens is 256 g/mol. The second-order valence-corrected chi connectivity index (χ2v) is 5.94. The van der Waals surface area contributed by atoms with Crippen molar-refractivity contribution in [2.24, 2.45) is 5.92 Å². The summed E-state index contributed by atoms with van der Waals surface area (Å²) < 4.78 is 0. The lowest BCUT2D eigenvalue weighted by atomic mass is 10.1. The maximum absolute atomic E-state index is 6.36. The predicted molar refractivity (Wildman–Crippen MR) is 86.2 cm³/mol. The lowest BCUT2D eigenvalue weighted by molar-refractivity contribution is 0.552. The molecule has 0 radical (unpaired) electrons. The smallest absolute Gasteiger partial charge is 0.0471 e. The Bertz CT molecular complexity index is 377. The summed E-state index contributed by atoms with van der Waals surface area (Å²) in [5, 5.41) is 4.34. The molecule has 0 aliphatic carbocycles. The molecule has 108 valence electrons. The largest absolute Gasteiger partial charge is 0.374 e. The Labute approximate surface area is 123 Å². The highest BCUT2D eigenvalue weighted by molar-refractivity contribution is 6.31. The Hall–Kier alpha value is -0.730. The van der Waals surface area contributed by atoms with E-state index < -0.39 is 0 Å². The van der Waals surface area contributed by atoms with Crippen LogP contribution in [0.2, 0.25) is 5.02 Å². The third-order valence-corrected chi connectivity index (χ3v) is 3.56. The third kappa shape index (κ3) is 5.42. The van der Waals surface area contributed by atoms with E-state index >= 15 is 0 Å². The van der Waals surface area contributed by atoms with Crippen molar-refractivity contribution in [2.75, 3.05) is 25.0 Å². The zero-order valence-corrected chi connectivity index (χ0v) is 13.4. The van der Waals surface area contributed by atoms with Crippen LogP contribution in [-0.2, 0) is 6.54 Å². The van der Waals surface area contributed by atoms with Crippen molar-refractivity contribution in [2.45, 2.75) is 40.2 Å². The summed E-state index contributed by atoms with van der Waals surface area (Å²) >= 11 is 6.36. The number of nitrogens with zero attached hydrogens (tertiary/aromatic N) is 1. The number of anilines is 1. The van der Waals surface area contributed by atoms with Gasteiger partial charge >= 0.3 is 0 Å². The summed E-state index contributed by atoms with van der Waals surface area (Å²) in [4.78, 5) is 2.31. The Morgan fingerprint density at radius 2 is 2.05 bits per heavy atom. The molecular formula is C16H27ClN2. The fraction of sp³-hybridized carbons (Fsp3) is 0.625. The van der Waals surface area contributed by atoms with Gasteiger partial charge in [-0.1, -0.05) is 44.9 Å². The van der Waals surface area contributed by atoms with E-state index in [1.54, 1.807) is 0 Å². The molecule has 0 aliphatic heterocycles. The van der Waals surface area contributed by atoms with E-state index in [1.807, 2.05) is 12.1 Å². The monoisotopic (exact) mass is 282 g/mol. The average molecular weight is 283 g/mol. The Balaban J connectivity index is 2.76. The van der Waals surface area contributed by atoms with E-state index in [0.29, 0.717) is 5.92 Å². The standard InChI is InChI=1S/C16H27ClN2/c1-5-6-10-19(4)16-9-7-8-15(17)14(16)12-18-11-13(2)3/h7-9,13,18H,5-6,10-12H2,1-4H3. The Kier molecular flexibility index (Phi) is 7.25. The second-order valence-electron chi connectivity index (χ2n) is 5.54. The molecule has 2 nitrogen and oxygen atoms in total. The minimum atomic E-state index is 0.656. The highest BCUT2D eigenvalue weighted by Crippen LogP contribution is 2.27. The maximum atomic E-state index is 6.36. The molecule has 1 N–H and O–H groups in total. The first-order valence-corrected chi connectivity index (χ1v) is 7.63. The van der Waals surface area contributed by atoms with Crippen molar-refractivity contribution < 1.29 is 0 Å². The molecule has 0 saturated heterocycles. The van der Waals surface area contributed by atoms with Gasteiger partial charge in [0.15, 0.2) is 0 Å². The zero-order valence-electron chi connectivity index (χ0n) is 12.7. The minimum absolute atomic E-state index is 0.656. The van der Waals surface area contributed by atoms with Gasteiger partial charge in [-0.15, -0.1) is 0 Å². The SMILES string of the molecule is CCCCN(C)c1cccc(Cl)c1CNCC(C)C. The molecule has 0 aromatic heterocycles. The lowest BCUT2D eigenvalue weighted by Gasteiger charge is -2.23. The van der Waals surface area contributed by atoms with Crippen LogP contribution in [0, 0.1) is 5.92 Å². The van der Waals surface area contributed by atoms with E-state index in [-0.39, 0.29) is 0 Å². The van der Waals surface area contributed by atoms with Crippen molar-refractivity contribution in [1.82, 2.24) is 5.32 Å². The lowest BCUT2D eigenvalue weighted by Crippen LogP contribution is -2.24. The summed E-state index contributed by atoms with van der Waals surface area (Å²) in [7, 11) is 2.15. The molecule has 0 amide bonds. The van der Waals surface area contributed by atoms with Gasteiger partial charge in [0.25, 0.3) is 0 Å². The highest BCUT2D eigenvalue weighted by atomic mass is 35.5. The van der Waals surface area contributed by atoms with Crippen LogP contribution < -0.4 is 10.2 Å². The molecule has 1 aromatic carbocycles. The summed E-state index contributed by atoms with van der Waals surface area (Å²) in [6.45, 7) is 9.58. The van der Waals surface area contributed by atoms with Gasteiger partial charge < -0.3 is 10.2 Å². The van der Waals surface area contributed by atoms with Crippen LogP contribution in [0.1, 0.15) is 39.2 Å². The van der Waals surface area contributed by atoms with Gasteiger partial charge in [0.2, 0.25) is 0 Å². The highest BCUT2D eigenvalue weighted by Gasteiger charge is 2.10. The number of hydrogen-bond donors (Lipinski definition) is 1. The fourth-order valence-corrected chi connectivity index (χ4v) is 2.32. The van der Waals surface area contributed by atoms with Gasteiger partial charge in [0.1, 0.15) is 0 Å². The predicted octanol–water partition coefficient (Wildman–Crippen LogP) is 4.32. The Morgan fingerprint density at radius 3 is 2.68 bits per heavy atom. The van der Waals surface area contributed by atoms with E-state index in [9.17, 15) is 0 Å². The molecule has 0 heterocycles. The van der Waals surface area contributed by atoms with Crippen molar-refractivity contribution >= 4 is 17.3 Å². The number of nitrogens with one attached hydrogen (secondary N) is 1. The van der Waals surface area contributed by atoms with E-state index in [2.05, 4.69) is 44.1 Å². The van der Waals surface area contributed by atoms with Gasteiger partial charge in [0.05, 0.1) is 0 Å². The maximum Gasteiger partial charge on any atom is 0.0471 e. The zero-order chi connectivity index (χ0) is 14.3. The molecule has 1 rings (SSSR count). The number of unbranched alkanes of at least 4 members (excludes halogenated alkanes) is 1. The number of benzene rings is 1. The second kappa shape index (κ2) is 8.44. The van der Waals surface area contributed by atoms with E-state index in [1.165, 1.54) is 24.1 Å².